The Hall–Kier alpha value is -2.23. The van der Waals surface area contributed by atoms with Gasteiger partial charge in [0, 0.05) is 7.05 Å². The van der Waals surface area contributed by atoms with E-state index in [9.17, 15) is 4.79 Å². The molecule has 1 heterocycles. The van der Waals surface area contributed by atoms with Gasteiger partial charge in [-0.1, -0.05) is 26.0 Å². The van der Waals surface area contributed by atoms with Gasteiger partial charge in [-0.2, -0.15) is 0 Å². The van der Waals surface area contributed by atoms with Crippen LogP contribution in [0.5, 0.6) is 5.75 Å². The van der Waals surface area contributed by atoms with Gasteiger partial charge < -0.3 is 14.1 Å². The number of aryl methyl sites for hydroxylation is 2. The highest BCUT2D eigenvalue weighted by molar-refractivity contribution is 5.77. The second-order valence-electron chi connectivity index (χ2n) is 6.25. The van der Waals surface area contributed by atoms with Crippen molar-refractivity contribution >= 4 is 5.91 Å². The van der Waals surface area contributed by atoms with E-state index in [2.05, 4.69) is 26.0 Å². The summed E-state index contributed by atoms with van der Waals surface area (Å²) in [7, 11) is 1.75. The molecule has 23 heavy (non-hydrogen) atoms. The van der Waals surface area contributed by atoms with Crippen LogP contribution in [0.4, 0.5) is 0 Å². The summed E-state index contributed by atoms with van der Waals surface area (Å²) in [6, 6.07) is 9.90. The molecular weight excluding hydrogens is 290 g/mol. The Labute approximate surface area is 138 Å². The first-order valence-corrected chi connectivity index (χ1v) is 7.89. The minimum Gasteiger partial charge on any atom is -0.483 e. The maximum atomic E-state index is 12.3. The molecule has 2 aromatic rings. The van der Waals surface area contributed by atoms with Crippen molar-refractivity contribution in [3.8, 4) is 5.75 Å². The highest BCUT2D eigenvalue weighted by Gasteiger charge is 2.14. The predicted octanol–water partition coefficient (Wildman–Crippen LogP) is 4.06. The monoisotopic (exact) mass is 315 g/mol. The van der Waals surface area contributed by atoms with Crippen LogP contribution in [-0.4, -0.2) is 24.5 Å². The molecule has 0 aliphatic heterocycles. The number of hydrogen-bond acceptors (Lipinski definition) is 3. The molecular formula is C19H25NO3. The minimum atomic E-state index is -0.0738. The average Bonchev–Trinajstić information content (AvgIpc) is 2.89. The van der Waals surface area contributed by atoms with Gasteiger partial charge in [0.25, 0.3) is 5.91 Å². The van der Waals surface area contributed by atoms with Crippen LogP contribution in [0.3, 0.4) is 0 Å². The van der Waals surface area contributed by atoms with E-state index in [1.54, 1.807) is 11.9 Å². The summed E-state index contributed by atoms with van der Waals surface area (Å²) >= 11 is 0. The fourth-order valence-electron chi connectivity index (χ4n) is 2.39. The number of ether oxygens (including phenoxy) is 1. The highest BCUT2D eigenvalue weighted by Crippen LogP contribution is 2.27. The van der Waals surface area contributed by atoms with Crippen LogP contribution < -0.4 is 4.74 Å². The number of nitrogens with zero attached hydrogens (tertiary/aromatic N) is 1. The zero-order valence-corrected chi connectivity index (χ0v) is 14.6. The van der Waals surface area contributed by atoms with E-state index in [0.29, 0.717) is 12.5 Å². The lowest BCUT2D eigenvalue weighted by atomic mass is 10.0. The van der Waals surface area contributed by atoms with E-state index in [-0.39, 0.29) is 12.5 Å². The quantitative estimate of drug-likeness (QED) is 0.807. The Bertz CT molecular complexity index is 673. The summed E-state index contributed by atoms with van der Waals surface area (Å²) in [5, 5.41) is 0. The molecule has 0 radical (unpaired) electrons. The number of rotatable bonds is 6. The first-order valence-electron chi connectivity index (χ1n) is 7.89. The Morgan fingerprint density at radius 1 is 1.22 bits per heavy atom. The molecule has 1 aromatic heterocycles. The van der Waals surface area contributed by atoms with E-state index in [1.807, 2.05) is 32.0 Å². The van der Waals surface area contributed by atoms with Crippen LogP contribution in [-0.2, 0) is 11.3 Å². The van der Waals surface area contributed by atoms with Gasteiger partial charge in [-0.25, -0.2) is 0 Å². The summed E-state index contributed by atoms with van der Waals surface area (Å²) < 4.78 is 11.3. The van der Waals surface area contributed by atoms with E-state index >= 15 is 0 Å². The molecule has 2 rings (SSSR count). The second-order valence-corrected chi connectivity index (χ2v) is 6.25. The average molecular weight is 315 g/mol. The van der Waals surface area contributed by atoms with Crippen molar-refractivity contribution in [3.05, 3.63) is 53.0 Å². The smallest absolute Gasteiger partial charge is 0.260 e. The van der Waals surface area contributed by atoms with Crippen LogP contribution in [0, 0.1) is 13.8 Å². The van der Waals surface area contributed by atoms with Crippen molar-refractivity contribution in [2.24, 2.45) is 0 Å². The van der Waals surface area contributed by atoms with Crippen LogP contribution in [0.1, 0.15) is 42.4 Å². The Morgan fingerprint density at radius 3 is 2.57 bits per heavy atom. The third-order valence-corrected chi connectivity index (χ3v) is 3.76. The third-order valence-electron chi connectivity index (χ3n) is 3.76. The van der Waals surface area contributed by atoms with E-state index in [1.165, 1.54) is 0 Å². The number of carbonyl (C=O) groups is 1. The van der Waals surface area contributed by atoms with Gasteiger partial charge in [-0.05, 0) is 49.1 Å². The topological polar surface area (TPSA) is 42.7 Å². The fourth-order valence-corrected chi connectivity index (χ4v) is 2.39. The van der Waals surface area contributed by atoms with E-state index in [4.69, 9.17) is 9.15 Å². The largest absolute Gasteiger partial charge is 0.483 e. The molecule has 1 amide bonds. The summed E-state index contributed by atoms with van der Waals surface area (Å²) in [6.07, 6.45) is 0. The van der Waals surface area contributed by atoms with Gasteiger partial charge in [0.15, 0.2) is 6.61 Å². The van der Waals surface area contributed by atoms with Gasteiger partial charge in [-0.15, -0.1) is 0 Å². The Kier molecular flexibility index (Phi) is 5.48. The van der Waals surface area contributed by atoms with Crippen LogP contribution in [0.15, 0.2) is 34.7 Å². The first kappa shape index (κ1) is 17.1. The molecule has 0 saturated heterocycles. The molecule has 4 nitrogen and oxygen atoms in total. The third kappa shape index (κ3) is 4.62. The summed E-state index contributed by atoms with van der Waals surface area (Å²) in [5.41, 5.74) is 2.24. The molecule has 0 fully saturated rings. The van der Waals surface area contributed by atoms with Crippen molar-refractivity contribution in [2.75, 3.05) is 13.7 Å². The minimum absolute atomic E-state index is 0.0271. The van der Waals surface area contributed by atoms with Crippen molar-refractivity contribution in [1.29, 1.82) is 0 Å². The lowest BCUT2D eigenvalue weighted by Crippen LogP contribution is -2.31. The lowest BCUT2D eigenvalue weighted by Gasteiger charge is -2.18. The maximum absolute atomic E-state index is 12.3. The van der Waals surface area contributed by atoms with Gasteiger partial charge in [-0.3, -0.25) is 4.79 Å². The van der Waals surface area contributed by atoms with Crippen LogP contribution >= 0.6 is 0 Å². The molecule has 0 unspecified atom stereocenters. The number of benzene rings is 1. The molecule has 1 aromatic carbocycles. The van der Waals surface area contributed by atoms with Gasteiger partial charge in [0.1, 0.15) is 17.3 Å². The summed E-state index contributed by atoms with van der Waals surface area (Å²) in [6.45, 7) is 8.61. The molecule has 0 aliphatic carbocycles. The standard InChI is InChI=1S/C19H25NO3/c1-13(2)17-9-6-14(3)10-18(17)22-12-19(21)20(5)11-16-8-7-15(4)23-16/h6-10,13H,11-12H2,1-5H3. The molecule has 0 saturated carbocycles. The maximum Gasteiger partial charge on any atom is 0.260 e. The number of likely N-dealkylation sites (N-methyl/N-ethyl adjacent to an activating group) is 1. The Balaban J connectivity index is 1.97. The molecule has 0 spiro atoms. The van der Waals surface area contributed by atoms with Crippen molar-refractivity contribution in [2.45, 2.75) is 40.2 Å². The molecule has 124 valence electrons. The molecule has 0 bridgehead atoms. The fraction of sp³-hybridized carbons (Fsp3) is 0.421. The zero-order valence-electron chi connectivity index (χ0n) is 14.6. The SMILES string of the molecule is Cc1ccc(C(C)C)c(OCC(=O)N(C)Cc2ccc(C)o2)c1. The number of furan rings is 1. The van der Waals surface area contributed by atoms with Crippen molar-refractivity contribution < 1.29 is 13.9 Å². The summed E-state index contributed by atoms with van der Waals surface area (Å²) in [5.74, 6) is 2.69. The Morgan fingerprint density at radius 2 is 1.96 bits per heavy atom. The zero-order chi connectivity index (χ0) is 17.0. The van der Waals surface area contributed by atoms with Crippen LogP contribution in [0.25, 0.3) is 0 Å². The molecule has 0 N–H and O–H groups in total. The normalized spacial score (nSPS) is 10.9. The number of amides is 1. The molecule has 0 aliphatic rings. The highest BCUT2D eigenvalue weighted by atomic mass is 16.5. The first-order chi connectivity index (χ1) is 10.9. The van der Waals surface area contributed by atoms with Gasteiger partial charge >= 0.3 is 0 Å². The van der Waals surface area contributed by atoms with Gasteiger partial charge in [0.2, 0.25) is 0 Å². The molecule has 4 heteroatoms. The summed E-state index contributed by atoms with van der Waals surface area (Å²) in [4.78, 5) is 13.9. The van der Waals surface area contributed by atoms with Crippen molar-refractivity contribution in [1.82, 2.24) is 4.90 Å². The predicted molar refractivity (Wildman–Crippen MR) is 90.7 cm³/mol. The number of carbonyl (C=O) groups excluding carboxylic acids is 1. The van der Waals surface area contributed by atoms with E-state index in [0.717, 1.165) is 28.4 Å². The van der Waals surface area contributed by atoms with E-state index < -0.39 is 0 Å². The number of hydrogen-bond donors (Lipinski definition) is 0. The lowest BCUT2D eigenvalue weighted by molar-refractivity contribution is -0.132. The van der Waals surface area contributed by atoms with Crippen molar-refractivity contribution in [3.63, 3.8) is 0 Å². The van der Waals surface area contributed by atoms with Gasteiger partial charge in [0.05, 0.1) is 6.54 Å². The molecule has 0 atom stereocenters. The second kappa shape index (κ2) is 7.36. The van der Waals surface area contributed by atoms with Crippen LogP contribution in [0.2, 0.25) is 0 Å².